The predicted molar refractivity (Wildman–Crippen MR) is 111 cm³/mol. The van der Waals surface area contributed by atoms with E-state index in [9.17, 15) is 13.2 Å². The standard InChI is InChI=1S/C20H31ClN2O4S/c1-15(2)13-22-28(25,26)17-10-11-19(18(21)12-17)27-14-20(24)23-16-8-6-4-3-5-7-9-16/h10-12,15-16,22H,3-9,13-14H2,1-2H3,(H,23,24). The van der Waals surface area contributed by atoms with Crippen LogP contribution in [0.25, 0.3) is 0 Å². The van der Waals surface area contributed by atoms with Crippen LogP contribution in [0.5, 0.6) is 5.75 Å². The summed E-state index contributed by atoms with van der Waals surface area (Å²) in [6.45, 7) is 4.05. The lowest BCUT2D eigenvalue weighted by Gasteiger charge is -2.21. The molecule has 0 aliphatic heterocycles. The molecule has 0 bridgehead atoms. The summed E-state index contributed by atoms with van der Waals surface area (Å²) in [4.78, 5) is 12.3. The van der Waals surface area contributed by atoms with Crippen LogP contribution in [0, 0.1) is 5.92 Å². The number of hydrogen-bond donors (Lipinski definition) is 2. The maximum atomic E-state index is 12.3. The molecular weight excluding hydrogens is 400 g/mol. The molecular formula is C20H31ClN2O4S. The highest BCUT2D eigenvalue weighted by Gasteiger charge is 2.18. The first-order chi connectivity index (χ1) is 13.3. The SMILES string of the molecule is CC(C)CNS(=O)(=O)c1ccc(OCC(=O)NC2CCCCCCC2)c(Cl)c1. The van der Waals surface area contributed by atoms with E-state index in [1.807, 2.05) is 13.8 Å². The van der Waals surface area contributed by atoms with Gasteiger partial charge in [0.1, 0.15) is 5.75 Å². The summed E-state index contributed by atoms with van der Waals surface area (Å²) in [7, 11) is -3.62. The minimum Gasteiger partial charge on any atom is -0.482 e. The Morgan fingerprint density at radius 1 is 1.18 bits per heavy atom. The van der Waals surface area contributed by atoms with Crippen molar-refractivity contribution in [2.45, 2.75) is 69.7 Å². The lowest BCUT2D eigenvalue weighted by Crippen LogP contribution is -2.38. The first-order valence-corrected chi connectivity index (χ1v) is 11.9. The van der Waals surface area contributed by atoms with E-state index in [0.717, 1.165) is 25.7 Å². The lowest BCUT2D eigenvalue weighted by atomic mass is 9.97. The maximum Gasteiger partial charge on any atom is 0.258 e. The topological polar surface area (TPSA) is 84.5 Å². The van der Waals surface area contributed by atoms with Crippen molar-refractivity contribution in [1.29, 1.82) is 0 Å². The molecule has 0 unspecified atom stereocenters. The van der Waals surface area contributed by atoms with Gasteiger partial charge in [0.05, 0.1) is 9.92 Å². The zero-order valence-electron chi connectivity index (χ0n) is 16.7. The first-order valence-electron chi connectivity index (χ1n) is 9.99. The number of ether oxygens (including phenoxy) is 1. The second-order valence-corrected chi connectivity index (χ2v) is 9.91. The Bertz CT molecular complexity index is 745. The number of rotatable bonds is 8. The third-order valence-electron chi connectivity index (χ3n) is 4.72. The third-order valence-corrected chi connectivity index (χ3v) is 6.44. The van der Waals surface area contributed by atoms with E-state index in [1.165, 1.54) is 37.5 Å². The molecule has 2 rings (SSSR count). The molecule has 8 heteroatoms. The van der Waals surface area contributed by atoms with Crippen LogP contribution in [0.2, 0.25) is 5.02 Å². The third kappa shape index (κ3) is 7.60. The van der Waals surface area contributed by atoms with Gasteiger partial charge in [-0.25, -0.2) is 13.1 Å². The Balaban J connectivity index is 1.89. The van der Waals surface area contributed by atoms with Crippen molar-refractivity contribution in [1.82, 2.24) is 10.0 Å². The van der Waals surface area contributed by atoms with Gasteiger partial charge in [-0.05, 0) is 37.0 Å². The Morgan fingerprint density at radius 3 is 2.43 bits per heavy atom. The maximum absolute atomic E-state index is 12.3. The summed E-state index contributed by atoms with van der Waals surface area (Å²) in [5.74, 6) is 0.304. The Morgan fingerprint density at radius 2 is 1.82 bits per heavy atom. The number of halogens is 1. The van der Waals surface area contributed by atoms with Crippen molar-refractivity contribution in [3.05, 3.63) is 23.2 Å². The van der Waals surface area contributed by atoms with Gasteiger partial charge in [-0.15, -0.1) is 0 Å². The van der Waals surface area contributed by atoms with E-state index in [0.29, 0.717) is 6.54 Å². The summed E-state index contributed by atoms with van der Waals surface area (Å²) < 4.78 is 32.6. The van der Waals surface area contributed by atoms with Gasteiger partial charge >= 0.3 is 0 Å². The van der Waals surface area contributed by atoms with Crippen LogP contribution in [0.1, 0.15) is 58.8 Å². The fraction of sp³-hybridized carbons (Fsp3) is 0.650. The molecule has 0 heterocycles. The largest absolute Gasteiger partial charge is 0.482 e. The molecule has 1 saturated carbocycles. The number of benzene rings is 1. The molecule has 1 aromatic carbocycles. The van der Waals surface area contributed by atoms with Gasteiger partial charge in [0.25, 0.3) is 5.91 Å². The van der Waals surface area contributed by atoms with Crippen molar-refractivity contribution < 1.29 is 17.9 Å². The van der Waals surface area contributed by atoms with E-state index < -0.39 is 10.0 Å². The molecule has 6 nitrogen and oxygen atoms in total. The number of nitrogens with one attached hydrogen (secondary N) is 2. The second kappa shape index (κ2) is 11.0. The summed E-state index contributed by atoms with van der Waals surface area (Å²) in [6.07, 6.45) is 8.00. The smallest absolute Gasteiger partial charge is 0.258 e. The number of hydrogen-bond acceptors (Lipinski definition) is 4. The van der Waals surface area contributed by atoms with Crippen LogP contribution in [-0.2, 0) is 14.8 Å². The van der Waals surface area contributed by atoms with E-state index in [-0.39, 0.29) is 40.1 Å². The van der Waals surface area contributed by atoms with Gasteiger partial charge in [-0.2, -0.15) is 0 Å². The highest BCUT2D eigenvalue weighted by Crippen LogP contribution is 2.27. The lowest BCUT2D eigenvalue weighted by molar-refractivity contribution is -0.123. The van der Waals surface area contributed by atoms with Crippen molar-refractivity contribution in [3.63, 3.8) is 0 Å². The van der Waals surface area contributed by atoms with Gasteiger partial charge in [-0.1, -0.05) is 57.6 Å². The quantitative estimate of drug-likeness (QED) is 0.655. The summed E-state index contributed by atoms with van der Waals surface area (Å²) in [6, 6.07) is 4.45. The van der Waals surface area contributed by atoms with Crippen LogP contribution >= 0.6 is 11.6 Å². The number of sulfonamides is 1. The molecule has 1 amide bonds. The average molecular weight is 431 g/mol. The van der Waals surface area contributed by atoms with Crippen LogP contribution in [-0.4, -0.2) is 33.5 Å². The molecule has 1 aliphatic carbocycles. The van der Waals surface area contributed by atoms with Crippen molar-refractivity contribution in [2.75, 3.05) is 13.2 Å². The van der Waals surface area contributed by atoms with E-state index in [1.54, 1.807) is 0 Å². The van der Waals surface area contributed by atoms with Gasteiger partial charge < -0.3 is 10.1 Å². The van der Waals surface area contributed by atoms with E-state index in [2.05, 4.69) is 10.0 Å². The van der Waals surface area contributed by atoms with Crippen molar-refractivity contribution in [2.24, 2.45) is 5.92 Å². The highest BCUT2D eigenvalue weighted by molar-refractivity contribution is 7.89. The summed E-state index contributed by atoms with van der Waals surface area (Å²) in [5, 5.41) is 3.18. The molecule has 158 valence electrons. The molecule has 1 aromatic rings. The number of amides is 1. The normalized spacial score (nSPS) is 16.4. The van der Waals surface area contributed by atoms with Gasteiger partial charge in [0.15, 0.2) is 6.61 Å². The minimum atomic E-state index is -3.62. The highest BCUT2D eigenvalue weighted by atomic mass is 35.5. The average Bonchev–Trinajstić information content (AvgIpc) is 2.61. The molecule has 0 spiro atoms. The minimum absolute atomic E-state index is 0.0736. The number of carbonyl (C=O) groups excluding carboxylic acids is 1. The fourth-order valence-electron chi connectivity index (χ4n) is 3.14. The van der Waals surface area contributed by atoms with E-state index in [4.69, 9.17) is 16.3 Å². The molecule has 28 heavy (non-hydrogen) atoms. The Hall–Kier alpha value is -1.31. The Labute approximate surface area is 173 Å². The monoisotopic (exact) mass is 430 g/mol. The zero-order chi connectivity index (χ0) is 20.6. The van der Waals surface area contributed by atoms with Crippen LogP contribution in [0.15, 0.2) is 23.1 Å². The van der Waals surface area contributed by atoms with Crippen molar-refractivity contribution in [3.8, 4) is 5.75 Å². The predicted octanol–water partition coefficient (Wildman–Crippen LogP) is 3.88. The van der Waals surface area contributed by atoms with E-state index >= 15 is 0 Å². The molecule has 0 aromatic heterocycles. The van der Waals surface area contributed by atoms with Crippen molar-refractivity contribution >= 4 is 27.5 Å². The fourth-order valence-corrected chi connectivity index (χ4v) is 4.68. The van der Waals surface area contributed by atoms with Crippen LogP contribution < -0.4 is 14.8 Å². The summed E-state index contributed by atoms with van der Waals surface area (Å²) >= 11 is 6.16. The molecule has 1 aliphatic rings. The second-order valence-electron chi connectivity index (χ2n) is 7.74. The number of carbonyl (C=O) groups is 1. The zero-order valence-corrected chi connectivity index (χ0v) is 18.2. The van der Waals surface area contributed by atoms with Crippen LogP contribution in [0.4, 0.5) is 0 Å². The molecule has 2 N–H and O–H groups in total. The Kier molecular flexibility index (Phi) is 9.05. The van der Waals surface area contributed by atoms with Gasteiger partial charge in [0, 0.05) is 12.6 Å². The van der Waals surface area contributed by atoms with Gasteiger partial charge in [-0.3, -0.25) is 4.79 Å². The molecule has 0 radical (unpaired) electrons. The first kappa shape index (κ1) is 23.0. The molecule has 0 atom stereocenters. The summed E-state index contributed by atoms with van der Waals surface area (Å²) in [5.41, 5.74) is 0. The molecule has 0 saturated heterocycles. The van der Waals surface area contributed by atoms with Crippen LogP contribution in [0.3, 0.4) is 0 Å². The van der Waals surface area contributed by atoms with Gasteiger partial charge in [0.2, 0.25) is 10.0 Å². The molecule has 1 fully saturated rings.